The number of urea groups is 1. The van der Waals surface area contributed by atoms with Crippen LogP contribution in [0.3, 0.4) is 0 Å². The van der Waals surface area contributed by atoms with Crippen molar-refractivity contribution >= 4 is 17.8 Å². The highest BCUT2D eigenvalue weighted by Gasteiger charge is 2.52. The van der Waals surface area contributed by atoms with E-state index in [1.807, 2.05) is 0 Å². The standard InChI is InChI=1S/C10H13N3O3/c14-7(6-1-2-6)13-4-3-10(5-13)8(15)11-9(16)12-10/h6H,1-5H2,(H2,11,12,15,16)/t10-/m0/s1. The molecule has 16 heavy (non-hydrogen) atoms. The number of hydrogen-bond donors (Lipinski definition) is 2. The zero-order valence-corrected chi connectivity index (χ0v) is 8.78. The second kappa shape index (κ2) is 2.96. The third-order valence-corrected chi connectivity index (χ3v) is 3.52. The summed E-state index contributed by atoms with van der Waals surface area (Å²) < 4.78 is 0. The zero-order valence-electron chi connectivity index (χ0n) is 8.78. The predicted molar refractivity (Wildman–Crippen MR) is 53.3 cm³/mol. The van der Waals surface area contributed by atoms with E-state index in [1.54, 1.807) is 4.90 Å². The van der Waals surface area contributed by atoms with Gasteiger partial charge in [0.25, 0.3) is 5.91 Å². The molecule has 3 rings (SSSR count). The molecular formula is C10H13N3O3. The SMILES string of the molecule is O=C1NC(=O)[C@@]2(CCN(C(=O)C3CC3)C2)N1. The first-order valence-corrected chi connectivity index (χ1v) is 5.53. The van der Waals surface area contributed by atoms with Gasteiger partial charge in [-0.3, -0.25) is 14.9 Å². The fourth-order valence-electron chi connectivity index (χ4n) is 2.40. The molecule has 2 heterocycles. The Morgan fingerprint density at radius 3 is 2.69 bits per heavy atom. The van der Waals surface area contributed by atoms with E-state index in [9.17, 15) is 14.4 Å². The Kier molecular flexibility index (Phi) is 1.78. The van der Waals surface area contributed by atoms with E-state index < -0.39 is 11.6 Å². The lowest BCUT2D eigenvalue weighted by atomic mass is 9.99. The van der Waals surface area contributed by atoms with Crippen molar-refractivity contribution in [2.45, 2.75) is 24.8 Å². The molecule has 3 aliphatic rings. The van der Waals surface area contributed by atoms with Gasteiger partial charge in [0.1, 0.15) is 5.54 Å². The van der Waals surface area contributed by atoms with Crippen molar-refractivity contribution in [3.8, 4) is 0 Å². The minimum absolute atomic E-state index is 0.130. The van der Waals surface area contributed by atoms with Crippen LogP contribution in [0.2, 0.25) is 0 Å². The summed E-state index contributed by atoms with van der Waals surface area (Å²) in [4.78, 5) is 36.2. The van der Waals surface area contributed by atoms with Crippen LogP contribution in [-0.2, 0) is 9.59 Å². The van der Waals surface area contributed by atoms with Gasteiger partial charge < -0.3 is 10.2 Å². The van der Waals surface area contributed by atoms with Gasteiger partial charge in [0.2, 0.25) is 5.91 Å². The number of rotatable bonds is 1. The number of hydrogen-bond acceptors (Lipinski definition) is 3. The summed E-state index contributed by atoms with van der Waals surface area (Å²) in [5.41, 5.74) is -0.859. The molecule has 1 saturated carbocycles. The Labute approximate surface area is 92.4 Å². The molecule has 2 aliphatic heterocycles. The number of likely N-dealkylation sites (tertiary alicyclic amines) is 1. The second-order valence-electron chi connectivity index (χ2n) is 4.77. The molecule has 2 N–H and O–H groups in total. The van der Waals surface area contributed by atoms with Crippen LogP contribution in [0.4, 0.5) is 4.79 Å². The van der Waals surface area contributed by atoms with Crippen molar-refractivity contribution in [2.24, 2.45) is 5.92 Å². The van der Waals surface area contributed by atoms with Crippen molar-refractivity contribution < 1.29 is 14.4 Å². The van der Waals surface area contributed by atoms with E-state index in [0.717, 1.165) is 12.8 Å². The first-order valence-electron chi connectivity index (χ1n) is 5.53. The quantitative estimate of drug-likeness (QED) is 0.572. The lowest BCUT2D eigenvalue weighted by molar-refractivity contribution is -0.132. The Bertz CT molecular complexity index is 391. The molecule has 6 heteroatoms. The van der Waals surface area contributed by atoms with E-state index >= 15 is 0 Å². The Morgan fingerprint density at radius 1 is 1.38 bits per heavy atom. The largest absolute Gasteiger partial charge is 0.339 e. The van der Waals surface area contributed by atoms with Crippen LogP contribution in [0.1, 0.15) is 19.3 Å². The van der Waals surface area contributed by atoms with Crippen molar-refractivity contribution in [1.82, 2.24) is 15.5 Å². The number of nitrogens with zero attached hydrogens (tertiary/aromatic N) is 1. The number of amides is 4. The number of carbonyl (C=O) groups is 3. The van der Waals surface area contributed by atoms with Crippen molar-refractivity contribution in [2.75, 3.05) is 13.1 Å². The van der Waals surface area contributed by atoms with Crippen LogP contribution in [0.5, 0.6) is 0 Å². The van der Waals surface area contributed by atoms with Gasteiger partial charge in [0.05, 0.1) is 6.54 Å². The Morgan fingerprint density at radius 2 is 2.12 bits per heavy atom. The first kappa shape index (κ1) is 9.62. The monoisotopic (exact) mass is 223 g/mol. The van der Waals surface area contributed by atoms with E-state index in [-0.39, 0.29) is 17.7 Å². The van der Waals surface area contributed by atoms with Gasteiger partial charge >= 0.3 is 6.03 Å². The molecule has 1 atom stereocenters. The van der Waals surface area contributed by atoms with E-state index in [4.69, 9.17) is 0 Å². The predicted octanol–water partition coefficient (Wildman–Crippen LogP) is -0.793. The minimum Gasteiger partial charge on any atom is -0.339 e. The molecule has 6 nitrogen and oxygen atoms in total. The molecule has 0 bridgehead atoms. The number of carbonyl (C=O) groups excluding carboxylic acids is 3. The Balaban J connectivity index is 1.74. The molecule has 0 radical (unpaired) electrons. The van der Waals surface area contributed by atoms with E-state index in [2.05, 4.69) is 10.6 Å². The van der Waals surface area contributed by atoms with Gasteiger partial charge in [0.15, 0.2) is 0 Å². The fourth-order valence-corrected chi connectivity index (χ4v) is 2.40. The van der Waals surface area contributed by atoms with E-state index in [1.165, 1.54) is 0 Å². The summed E-state index contributed by atoms with van der Waals surface area (Å²) >= 11 is 0. The van der Waals surface area contributed by atoms with Crippen LogP contribution in [0.25, 0.3) is 0 Å². The van der Waals surface area contributed by atoms with E-state index in [0.29, 0.717) is 19.5 Å². The Hall–Kier alpha value is -1.59. The summed E-state index contributed by atoms with van der Waals surface area (Å²) in [5.74, 6) is -0.00950. The molecule has 3 fully saturated rings. The zero-order chi connectivity index (χ0) is 11.3. The van der Waals surface area contributed by atoms with Gasteiger partial charge in [-0.25, -0.2) is 4.79 Å². The minimum atomic E-state index is -0.859. The van der Waals surface area contributed by atoms with Gasteiger partial charge in [0, 0.05) is 12.5 Å². The summed E-state index contributed by atoms with van der Waals surface area (Å²) in [7, 11) is 0. The fraction of sp³-hybridized carbons (Fsp3) is 0.700. The van der Waals surface area contributed by atoms with Gasteiger partial charge in [-0.15, -0.1) is 0 Å². The van der Waals surface area contributed by atoms with Crippen molar-refractivity contribution in [1.29, 1.82) is 0 Å². The van der Waals surface area contributed by atoms with Gasteiger partial charge in [-0.05, 0) is 19.3 Å². The maximum atomic E-state index is 11.8. The molecule has 86 valence electrons. The van der Waals surface area contributed by atoms with Crippen molar-refractivity contribution in [3.63, 3.8) is 0 Å². The highest BCUT2D eigenvalue weighted by molar-refractivity contribution is 6.07. The van der Waals surface area contributed by atoms with Crippen LogP contribution in [0.15, 0.2) is 0 Å². The average molecular weight is 223 g/mol. The summed E-state index contributed by atoms with van der Waals surface area (Å²) in [6.07, 6.45) is 2.44. The molecule has 0 unspecified atom stereocenters. The lowest BCUT2D eigenvalue weighted by Gasteiger charge is -2.20. The number of imide groups is 1. The normalized spacial score (nSPS) is 33.1. The van der Waals surface area contributed by atoms with Crippen molar-refractivity contribution in [3.05, 3.63) is 0 Å². The smallest absolute Gasteiger partial charge is 0.322 e. The molecule has 0 aromatic carbocycles. The summed E-state index contributed by atoms with van der Waals surface area (Å²) in [5, 5.41) is 4.86. The third-order valence-electron chi connectivity index (χ3n) is 3.52. The molecule has 0 aromatic heterocycles. The average Bonchev–Trinajstić information content (AvgIpc) is 2.94. The van der Waals surface area contributed by atoms with Gasteiger partial charge in [-0.1, -0.05) is 0 Å². The van der Waals surface area contributed by atoms with Crippen LogP contribution in [0, 0.1) is 5.92 Å². The maximum Gasteiger partial charge on any atom is 0.322 e. The van der Waals surface area contributed by atoms with Gasteiger partial charge in [-0.2, -0.15) is 0 Å². The highest BCUT2D eigenvalue weighted by Crippen LogP contribution is 2.34. The van der Waals surface area contributed by atoms with Crippen LogP contribution in [-0.4, -0.2) is 41.4 Å². The summed E-state index contributed by atoms with van der Waals surface area (Å²) in [6.45, 7) is 0.878. The number of nitrogens with one attached hydrogen (secondary N) is 2. The lowest BCUT2D eigenvalue weighted by Crippen LogP contribution is -2.49. The highest BCUT2D eigenvalue weighted by atomic mass is 16.2. The molecular weight excluding hydrogens is 210 g/mol. The third kappa shape index (κ3) is 1.29. The van der Waals surface area contributed by atoms with Crippen LogP contribution < -0.4 is 10.6 Å². The molecule has 1 spiro atoms. The van der Waals surface area contributed by atoms with Crippen LogP contribution >= 0.6 is 0 Å². The topological polar surface area (TPSA) is 78.5 Å². The molecule has 0 aromatic rings. The second-order valence-corrected chi connectivity index (χ2v) is 4.77. The molecule has 4 amide bonds. The molecule has 2 saturated heterocycles. The summed E-state index contributed by atoms with van der Waals surface area (Å²) in [6, 6.07) is -0.453. The maximum absolute atomic E-state index is 11.8. The molecule has 1 aliphatic carbocycles. The first-order chi connectivity index (χ1) is 7.61.